The fourth-order valence-corrected chi connectivity index (χ4v) is 2.69. The average Bonchev–Trinajstić information content (AvgIpc) is 2.80. The number of hydrogen-bond donors (Lipinski definition) is 1. The predicted molar refractivity (Wildman–Crippen MR) is 47.4 cm³/mol. The third-order valence-electron chi connectivity index (χ3n) is 3.64. The van der Waals surface area contributed by atoms with E-state index in [1.54, 1.807) is 0 Å². The molecule has 0 aromatic heterocycles. The van der Waals surface area contributed by atoms with Crippen LogP contribution in [-0.2, 0) is 4.79 Å². The standard InChI is InChI=1S/C10H17NO/c11-9(12)8-4-2-1-3-5-10(8)6-7-10/h8H,1-7H2,(H2,11,12). The molecule has 1 unspecified atom stereocenters. The molecule has 2 N–H and O–H groups in total. The summed E-state index contributed by atoms with van der Waals surface area (Å²) in [7, 11) is 0. The average molecular weight is 167 g/mol. The van der Waals surface area contributed by atoms with Crippen LogP contribution >= 0.6 is 0 Å². The van der Waals surface area contributed by atoms with E-state index in [0.717, 1.165) is 6.42 Å². The SMILES string of the molecule is NC(=O)C1CCCCCC12CC2. The highest BCUT2D eigenvalue weighted by molar-refractivity contribution is 5.78. The second kappa shape index (κ2) is 2.75. The fourth-order valence-electron chi connectivity index (χ4n) is 2.69. The van der Waals surface area contributed by atoms with Crippen LogP contribution in [0, 0.1) is 11.3 Å². The third kappa shape index (κ3) is 1.23. The summed E-state index contributed by atoms with van der Waals surface area (Å²) in [4.78, 5) is 11.2. The number of hydrogen-bond acceptors (Lipinski definition) is 1. The number of carbonyl (C=O) groups is 1. The van der Waals surface area contributed by atoms with Gasteiger partial charge < -0.3 is 5.73 Å². The lowest BCUT2D eigenvalue weighted by Crippen LogP contribution is -2.30. The quantitative estimate of drug-likeness (QED) is 0.636. The molecule has 2 aliphatic carbocycles. The maximum Gasteiger partial charge on any atom is 0.221 e. The van der Waals surface area contributed by atoms with Gasteiger partial charge >= 0.3 is 0 Å². The molecule has 0 radical (unpaired) electrons. The van der Waals surface area contributed by atoms with Crippen LogP contribution in [0.25, 0.3) is 0 Å². The van der Waals surface area contributed by atoms with E-state index in [9.17, 15) is 4.79 Å². The normalized spacial score (nSPS) is 32.8. The summed E-state index contributed by atoms with van der Waals surface area (Å²) in [5.74, 6) is 0.161. The number of carbonyl (C=O) groups excluding carboxylic acids is 1. The molecule has 0 aliphatic heterocycles. The van der Waals surface area contributed by atoms with Crippen molar-refractivity contribution in [2.45, 2.75) is 44.9 Å². The zero-order chi connectivity index (χ0) is 8.60. The molecule has 1 spiro atoms. The van der Waals surface area contributed by atoms with Crippen molar-refractivity contribution in [3.05, 3.63) is 0 Å². The molecule has 0 bridgehead atoms. The van der Waals surface area contributed by atoms with Crippen molar-refractivity contribution in [3.8, 4) is 0 Å². The van der Waals surface area contributed by atoms with Crippen molar-refractivity contribution >= 4 is 5.91 Å². The first-order valence-corrected chi connectivity index (χ1v) is 5.04. The molecule has 2 heteroatoms. The highest BCUT2D eigenvalue weighted by atomic mass is 16.1. The van der Waals surface area contributed by atoms with Crippen LogP contribution in [0.3, 0.4) is 0 Å². The van der Waals surface area contributed by atoms with Gasteiger partial charge in [0.2, 0.25) is 5.91 Å². The minimum Gasteiger partial charge on any atom is -0.369 e. The van der Waals surface area contributed by atoms with Crippen LogP contribution < -0.4 is 5.73 Å². The molecular weight excluding hydrogens is 150 g/mol. The predicted octanol–water partition coefficient (Wildman–Crippen LogP) is 1.83. The van der Waals surface area contributed by atoms with Crippen LogP contribution in [0.1, 0.15) is 44.9 Å². The molecule has 0 heterocycles. The van der Waals surface area contributed by atoms with Crippen LogP contribution in [0.15, 0.2) is 0 Å². The second-order valence-electron chi connectivity index (χ2n) is 4.42. The molecular formula is C10H17NO. The van der Waals surface area contributed by atoms with E-state index in [4.69, 9.17) is 5.73 Å². The Labute approximate surface area is 73.5 Å². The Morgan fingerprint density at radius 3 is 2.50 bits per heavy atom. The molecule has 0 aromatic rings. The molecule has 2 nitrogen and oxygen atoms in total. The minimum atomic E-state index is -0.0469. The van der Waals surface area contributed by atoms with Gasteiger partial charge in [-0.25, -0.2) is 0 Å². The minimum absolute atomic E-state index is 0.0469. The van der Waals surface area contributed by atoms with Crippen molar-refractivity contribution in [1.29, 1.82) is 0 Å². The number of primary amides is 1. The Kier molecular flexibility index (Phi) is 1.85. The van der Waals surface area contributed by atoms with Crippen molar-refractivity contribution in [2.24, 2.45) is 17.1 Å². The van der Waals surface area contributed by atoms with Gasteiger partial charge in [-0.2, -0.15) is 0 Å². The molecule has 0 saturated heterocycles. The van der Waals surface area contributed by atoms with E-state index in [1.165, 1.54) is 38.5 Å². The van der Waals surface area contributed by atoms with Gasteiger partial charge in [-0.05, 0) is 31.1 Å². The lowest BCUT2D eigenvalue weighted by Gasteiger charge is -2.20. The highest BCUT2D eigenvalue weighted by Crippen LogP contribution is 2.58. The molecule has 1 amide bonds. The lowest BCUT2D eigenvalue weighted by molar-refractivity contribution is -0.124. The third-order valence-corrected chi connectivity index (χ3v) is 3.64. The van der Waals surface area contributed by atoms with Gasteiger partial charge in [0.05, 0.1) is 0 Å². The summed E-state index contributed by atoms with van der Waals surface area (Å²) in [5.41, 5.74) is 5.79. The van der Waals surface area contributed by atoms with E-state index < -0.39 is 0 Å². The molecule has 2 aliphatic rings. The van der Waals surface area contributed by atoms with E-state index in [-0.39, 0.29) is 11.8 Å². The van der Waals surface area contributed by atoms with Gasteiger partial charge in [0.25, 0.3) is 0 Å². The fraction of sp³-hybridized carbons (Fsp3) is 0.900. The largest absolute Gasteiger partial charge is 0.369 e. The second-order valence-corrected chi connectivity index (χ2v) is 4.42. The summed E-state index contributed by atoms with van der Waals surface area (Å²) >= 11 is 0. The maximum atomic E-state index is 11.2. The molecule has 0 aromatic carbocycles. The van der Waals surface area contributed by atoms with Gasteiger partial charge in [0.15, 0.2) is 0 Å². The summed E-state index contributed by atoms with van der Waals surface area (Å²) in [6, 6.07) is 0. The first kappa shape index (κ1) is 8.09. The molecule has 2 rings (SSSR count). The van der Waals surface area contributed by atoms with Crippen LogP contribution in [-0.4, -0.2) is 5.91 Å². The van der Waals surface area contributed by atoms with E-state index >= 15 is 0 Å². The Hall–Kier alpha value is -0.530. The van der Waals surface area contributed by atoms with Gasteiger partial charge in [-0.1, -0.05) is 19.3 Å². The van der Waals surface area contributed by atoms with Gasteiger partial charge in [0, 0.05) is 5.92 Å². The molecule has 2 saturated carbocycles. The summed E-state index contributed by atoms with van der Waals surface area (Å²) in [6.45, 7) is 0. The van der Waals surface area contributed by atoms with Crippen LogP contribution in [0.4, 0.5) is 0 Å². The first-order chi connectivity index (χ1) is 5.75. The number of nitrogens with two attached hydrogens (primary N) is 1. The molecule has 2 fully saturated rings. The smallest absolute Gasteiger partial charge is 0.221 e. The van der Waals surface area contributed by atoms with E-state index in [1.807, 2.05) is 0 Å². The Balaban J connectivity index is 2.11. The number of rotatable bonds is 1. The van der Waals surface area contributed by atoms with Gasteiger partial charge in [0.1, 0.15) is 0 Å². The number of amides is 1. The highest BCUT2D eigenvalue weighted by Gasteiger charge is 2.51. The zero-order valence-electron chi connectivity index (χ0n) is 7.51. The van der Waals surface area contributed by atoms with Crippen molar-refractivity contribution < 1.29 is 4.79 Å². The van der Waals surface area contributed by atoms with Gasteiger partial charge in [-0.3, -0.25) is 4.79 Å². The van der Waals surface area contributed by atoms with Crippen LogP contribution in [0.5, 0.6) is 0 Å². The Morgan fingerprint density at radius 1 is 1.17 bits per heavy atom. The van der Waals surface area contributed by atoms with Crippen LogP contribution in [0.2, 0.25) is 0 Å². The van der Waals surface area contributed by atoms with E-state index in [2.05, 4.69) is 0 Å². The lowest BCUT2D eigenvalue weighted by atomic mass is 9.84. The van der Waals surface area contributed by atoms with E-state index in [0.29, 0.717) is 5.41 Å². The van der Waals surface area contributed by atoms with Gasteiger partial charge in [-0.15, -0.1) is 0 Å². The molecule has 68 valence electrons. The molecule has 1 atom stereocenters. The van der Waals surface area contributed by atoms with Crippen molar-refractivity contribution in [2.75, 3.05) is 0 Å². The Bertz CT molecular complexity index is 196. The summed E-state index contributed by atoms with van der Waals surface area (Å²) in [5, 5.41) is 0. The molecule has 12 heavy (non-hydrogen) atoms. The zero-order valence-corrected chi connectivity index (χ0v) is 7.51. The first-order valence-electron chi connectivity index (χ1n) is 5.04. The summed E-state index contributed by atoms with van der Waals surface area (Å²) < 4.78 is 0. The maximum absolute atomic E-state index is 11.2. The van der Waals surface area contributed by atoms with Crippen molar-refractivity contribution in [3.63, 3.8) is 0 Å². The summed E-state index contributed by atoms with van der Waals surface area (Å²) in [6.07, 6.45) is 8.61. The monoisotopic (exact) mass is 167 g/mol. The topological polar surface area (TPSA) is 43.1 Å². The Morgan fingerprint density at radius 2 is 1.92 bits per heavy atom. The van der Waals surface area contributed by atoms with Crippen molar-refractivity contribution in [1.82, 2.24) is 0 Å².